The summed E-state index contributed by atoms with van der Waals surface area (Å²) in [5.41, 5.74) is 0. The Hall–Kier alpha value is -1.04. The quantitative estimate of drug-likeness (QED) is 0.457. The molecule has 0 aromatic carbocycles. The van der Waals surface area contributed by atoms with Crippen LogP contribution in [0.25, 0.3) is 0 Å². The van der Waals surface area contributed by atoms with E-state index in [0.29, 0.717) is 6.42 Å². The lowest BCUT2D eigenvalue weighted by atomic mass is 10.1. The van der Waals surface area contributed by atoms with E-state index < -0.39 is 6.10 Å². The van der Waals surface area contributed by atoms with Gasteiger partial charge in [0.05, 0.1) is 0 Å². The molecule has 0 N–H and O–H groups in total. The SMILES string of the molecule is CCCCCCCC[C@H](C#N)OC(C)=O. The van der Waals surface area contributed by atoms with Gasteiger partial charge in [0.15, 0.2) is 6.10 Å². The molecule has 0 radical (unpaired) electrons. The zero-order valence-corrected chi connectivity index (χ0v) is 9.79. The number of nitrogens with zero attached hydrogens (tertiary/aromatic N) is 1. The van der Waals surface area contributed by atoms with Crippen LogP contribution in [-0.4, -0.2) is 12.1 Å². The van der Waals surface area contributed by atoms with Crippen molar-refractivity contribution in [1.82, 2.24) is 0 Å². The average molecular weight is 211 g/mol. The molecule has 0 aliphatic rings. The number of nitriles is 1. The van der Waals surface area contributed by atoms with Crippen LogP contribution in [0, 0.1) is 11.3 Å². The molecule has 0 fully saturated rings. The molecule has 0 rings (SSSR count). The minimum atomic E-state index is -0.548. The van der Waals surface area contributed by atoms with Crippen molar-refractivity contribution < 1.29 is 9.53 Å². The summed E-state index contributed by atoms with van der Waals surface area (Å²) in [7, 11) is 0. The maximum Gasteiger partial charge on any atom is 0.303 e. The summed E-state index contributed by atoms with van der Waals surface area (Å²) >= 11 is 0. The summed E-state index contributed by atoms with van der Waals surface area (Å²) in [5, 5.41) is 8.69. The van der Waals surface area contributed by atoms with Crippen molar-refractivity contribution in [3.8, 4) is 6.07 Å². The Morgan fingerprint density at radius 2 is 1.87 bits per heavy atom. The molecule has 0 saturated carbocycles. The predicted molar refractivity (Wildman–Crippen MR) is 59.2 cm³/mol. The minimum Gasteiger partial charge on any atom is -0.447 e. The third kappa shape index (κ3) is 9.27. The number of carbonyl (C=O) groups excluding carboxylic acids is 1. The Kier molecular flexibility index (Phi) is 8.85. The monoisotopic (exact) mass is 211 g/mol. The smallest absolute Gasteiger partial charge is 0.303 e. The van der Waals surface area contributed by atoms with Crippen LogP contribution in [0.5, 0.6) is 0 Å². The van der Waals surface area contributed by atoms with Gasteiger partial charge in [-0.15, -0.1) is 0 Å². The van der Waals surface area contributed by atoms with Gasteiger partial charge in [-0.05, 0) is 12.8 Å². The van der Waals surface area contributed by atoms with Crippen LogP contribution in [0.4, 0.5) is 0 Å². The molecule has 3 heteroatoms. The van der Waals surface area contributed by atoms with Crippen molar-refractivity contribution in [1.29, 1.82) is 5.26 Å². The fraction of sp³-hybridized carbons (Fsp3) is 0.833. The first-order valence-corrected chi connectivity index (χ1v) is 5.77. The summed E-state index contributed by atoms with van der Waals surface area (Å²) < 4.78 is 4.83. The maximum absolute atomic E-state index is 10.6. The average Bonchev–Trinajstić information content (AvgIpc) is 2.20. The molecular formula is C12H21NO2. The lowest BCUT2D eigenvalue weighted by Gasteiger charge is -2.08. The van der Waals surface area contributed by atoms with Gasteiger partial charge >= 0.3 is 5.97 Å². The molecule has 1 atom stereocenters. The molecule has 0 heterocycles. The highest BCUT2D eigenvalue weighted by molar-refractivity contribution is 5.66. The number of rotatable bonds is 8. The zero-order valence-electron chi connectivity index (χ0n) is 9.79. The summed E-state index contributed by atoms with van der Waals surface area (Å²) in [4.78, 5) is 10.6. The first kappa shape index (κ1) is 14.0. The fourth-order valence-electron chi connectivity index (χ4n) is 1.46. The van der Waals surface area contributed by atoms with Gasteiger partial charge < -0.3 is 4.74 Å². The Bertz CT molecular complexity index is 208. The van der Waals surface area contributed by atoms with Crippen molar-refractivity contribution in [2.75, 3.05) is 0 Å². The standard InChI is InChI=1S/C12H21NO2/c1-3-4-5-6-7-8-9-12(10-13)15-11(2)14/h12H,3-9H2,1-2H3/t12-/m1/s1. The van der Waals surface area contributed by atoms with Crippen molar-refractivity contribution in [3.05, 3.63) is 0 Å². The van der Waals surface area contributed by atoms with E-state index >= 15 is 0 Å². The Morgan fingerprint density at radius 3 is 2.40 bits per heavy atom. The van der Waals surface area contributed by atoms with Gasteiger partial charge in [-0.25, -0.2) is 0 Å². The molecule has 0 bridgehead atoms. The van der Waals surface area contributed by atoms with Gasteiger partial charge in [-0.3, -0.25) is 4.79 Å². The van der Waals surface area contributed by atoms with Crippen LogP contribution in [-0.2, 0) is 9.53 Å². The summed E-state index contributed by atoms with van der Waals surface area (Å²) in [6.45, 7) is 3.53. The second kappa shape index (κ2) is 9.51. The summed E-state index contributed by atoms with van der Waals surface area (Å²) in [6, 6.07) is 1.99. The minimum absolute atomic E-state index is 0.368. The second-order valence-electron chi connectivity index (χ2n) is 3.78. The van der Waals surface area contributed by atoms with Crippen LogP contribution in [0.1, 0.15) is 58.8 Å². The van der Waals surface area contributed by atoms with Gasteiger partial charge in [0, 0.05) is 6.92 Å². The van der Waals surface area contributed by atoms with Crippen molar-refractivity contribution >= 4 is 5.97 Å². The van der Waals surface area contributed by atoms with E-state index in [1.165, 1.54) is 32.6 Å². The highest BCUT2D eigenvalue weighted by atomic mass is 16.5. The zero-order chi connectivity index (χ0) is 11.5. The molecule has 15 heavy (non-hydrogen) atoms. The first-order chi connectivity index (χ1) is 7.20. The topological polar surface area (TPSA) is 50.1 Å². The molecule has 0 amide bonds. The normalized spacial score (nSPS) is 11.8. The highest BCUT2D eigenvalue weighted by Crippen LogP contribution is 2.10. The maximum atomic E-state index is 10.6. The summed E-state index contributed by atoms with van der Waals surface area (Å²) in [6.07, 6.45) is 7.22. The summed E-state index contributed by atoms with van der Waals surface area (Å²) in [5.74, 6) is -0.368. The largest absolute Gasteiger partial charge is 0.447 e. The van der Waals surface area contributed by atoms with Gasteiger partial charge in [0.1, 0.15) is 6.07 Å². The third-order valence-corrected chi connectivity index (χ3v) is 2.27. The molecular weight excluding hydrogens is 190 g/mol. The van der Waals surface area contributed by atoms with Crippen molar-refractivity contribution in [3.63, 3.8) is 0 Å². The number of carbonyl (C=O) groups is 1. The molecule has 3 nitrogen and oxygen atoms in total. The van der Waals surface area contributed by atoms with Crippen LogP contribution in [0.3, 0.4) is 0 Å². The molecule has 0 spiro atoms. The molecule has 0 aliphatic carbocycles. The number of ether oxygens (including phenoxy) is 1. The molecule has 0 unspecified atom stereocenters. The van der Waals surface area contributed by atoms with Crippen LogP contribution in [0.2, 0.25) is 0 Å². The van der Waals surface area contributed by atoms with E-state index in [4.69, 9.17) is 10.00 Å². The molecule has 0 aromatic rings. The first-order valence-electron chi connectivity index (χ1n) is 5.77. The number of hydrogen-bond acceptors (Lipinski definition) is 3. The lowest BCUT2D eigenvalue weighted by molar-refractivity contribution is -0.144. The molecule has 0 saturated heterocycles. The van der Waals surface area contributed by atoms with Gasteiger partial charge in [0.25, 0.3) is 0 Å². The van der Waals surface area contributed by atoms with Crippen molar-refractivity contribution in [2.24, 2.45) is 0 Å². The van der Waals surface area contributed by atoms with Gasteiger partial charge in [-0.2, -0.15) is 5.26 Å². The Balaban J connectivity index is 3.39. The number of hydrogen-bond donors (Lipinski definition) is 0. The van der Waals surface area contributed by atoms with E-state index in [1.54, 1.807) is 0 Å². The predicted octanol–water partition coefficient (Wildman–Crippen LogP) is 3.19. The molecule has 0 aliphatic heterocycles. The lowest BCUT2D eigenvalue weighted by Crippen LogP contribution is -2.13. The molecule has 0 aromatic heterocycles. The van der Waals surface area contributed by atoms with Crippen LogP contribution < -0.4 is 0 Å². The van der Waals surface area contributed by atoms with Gasteiger partial charge in [-0.1, -0.05) is 39.0 Å². The Morgan fingerprint density at radius 1 is 1.27 bits per heavy atom. The van der Waals surface area contributed by atoms with E-state index in [-0.39, 0.29) is 5.97 Å². The van der Waals surface area contributed by atoms with E-state index in [1.807, 2.05) is 6.07 Å². The fourth-order valence-corrected chi connectivity index (χ4v) is 1.46. The Labute approximate surface area is 92.4 Å². The molecule has 86 valence electrons. The van der Waals surface area contributed by atoms with Crippen LogP contribution >= 0.6 is 0 Å². The van der Waals surface area contributed by atoms with E-state index in [9.17, 15) is 4.79 Å². The van der Waals surface area contributed by atoms with E-state index in [0.717, 1.165) is 12.8 Å². The number of unbranched alkanes of at least 4 members (excludes halogenated alkanes) is 5. The highest BCUT2D eigenvalue weighted by Gasteiger charge is 2.09. The van der Waals surface area contributed by atoms with E-state index in [2.05, 4.69) is 6.92 Å². The van der Waals surface area contributed by atoms with Gasteiger partial charge in [0.2, 0.25) is 0 Å². The third-order valence-electron chi connectivity index (χ3n) is 2.27. The number of esters is 1. The second-order valence-corrected chi connectivity index (χ2v) is 3.78. The van der Waals surface area contributed by atoms with Crippen LogP contribution in [0.15, 0.2) is 0 Å². The van der Waals surface area contributed by atoms with Crippen molar-refractivity contribution in [2.45, 2.75) is 64.9 Å².